The highest BCUT2D eigenvalue weighted by molar-refractivity contribution is 5.46. The summed E-state index contributed by atoms with van der Waals surface area (Å²) in [5, 5.41) is 0. The number of rotatable bonds is 5. The average Bonchev–Trinajstić information content (AvgIpc) is 2.42. The summed E-state index contributed by atoms with van der Waals surface area (Å²) in [6, 6.07) is 10.0. The van der Waals surface area contributed by atoms with Gasteiger partial charge in [0.05, 0.1) is 11.9 Å². The van der Waals surface area contributed by atoms with Gasteiger partial charge in [-0.25, -0.2) is 4.98 Å². The second-order valence-electron chi connectivity index (χ2n) is 4.73. The predicted octanol–water partition coefficient (Wildman–Crippen LogP) is 4.11. The molecule has 0 aliphatic carbocycles. The molecule has 0 aliphatic heterocycles. The van der Waals surface area contributed by atoms with Gasteiger partial charge in [-0.15, -0.1) is 0 Å². The topological polar surface area (TPSA) is 48.1 Å². The van der Waals surface area contributed by atoms with Crippen molar-refractivity contribution < 1.29 is 4.74 Å². The van der Waals surface area contributed by atoms with Crippen LogP contribution in [-0.2, 0) is 6.42 Å². The standard InChI is InChI=1S/C16H20N2O/c1-3-4-5-13-6-8-14(9-7-13)19-16-10-12(2)15(17)11-18-16/h6-11H,3-5,17H2,1-2H3. The van der Waals surface area contributed by atoms with Crippen molar-refractivity contribution in [2.24, 2.45) is 0 Å². The summed E-state index contributed by atoms with van der Waals surface area (Å²) in [5.74, 6) is 1.38. The maximum Gasteiger partial charge on any atom is 0.219 e. The number of anilines is 1. The SMILES string of the molecule is CCCCc1ccc(Oc2cc(C)c(N)cn2)cc1. The highest BCUT2D eigenvalue weighted by atomic mass is 16.5. The molecule has 2 rings (SSSR count). The van der Waals surface area contributed by atoms with E-state index in [1.54, 1.807) is 6.20 Å². The molecule has 0 unspecified atom stereocenters. The van der Waals surface area contributed by atoms with Gasteiger partial charge < -0.3 is 10.5 Å². The van der Waals surface area contributed by atoms with E-state index in [1.165, 1.54) is 18.4 Å². The zero-order chi connectivity index (χ0) is 13.7. The molecule has 0 saturated heterocycles. The van der Waals surface area contributed by atoms with Gasteiger partial charge in [0, 0.05) is 6.07 Å². The molecule has 3 heteroatoms. The third-order valence-corrected chi connectivity index (χ3v) is 3.09. The van der Waals surface area contributed by atoms with Crippen LogP contribution in [0.3, 0.4) is 0 Å². The largest absolute Gasteiger partial charge is 0.439 e. The smallest absolute Gasteiger partial charge is 0.219 e. The number of ether oxygens (including phenoxy) is 1. The molecular weight excluding hydrogens is 236 g/mol. The molecule has 0 aliphatic rings. The molecule has 1 aromatic carbocycles. The summed E-state index contributed by atoms with van der Waals surface area (Å²) in [5.41, 5.74) is 8.73. The Hall–Kier alpha value is -2.03. The number of hydrogen-bond donors (Lipinski definition) is 1. The van der Waals surface area contributed by atoms with Gasteiger partial charge in [-0.2, -0.15) is 0 Å². The normalized spacial score (nSPS) is 10.4. The lowest BCUT2D eigenvalue weighted by Crippen LogP contribution is -1.94. The Morgan fingerprint density at radius 3 is 2.58 bits per heavy atom. The fraction of sp³-hybridized carbons (Fsp3) is 0.312. The van der Waals surface area contributed by atoms with Crippen molar-refractivity contribution in [2.75, 3.05) is 5.73 Å². The fourth-order valence-electron chi connectivity index (χ4n) is 1.82. The fourth-order valence-corrected chi connectivity index (χ4v) is 1.82. The minimum absolute atomic E-state index is 0.577. The zero-order valence-corrected chi connectivity index (χ0v) is 11.5. The average molecular weight is 256 g/mol. The van der Waals surface area contributed by atoms with E-state index < -0.39 is 0 Å². The number of unbranched alkanes of at least 4 members (excludes halogenated alkanes) is 1. The first kappa shape index (κ1) is 13.4. The van der Waals surface area contributed by atoms with Crippen LogP contribution in [-0.4, -0.2) is 4.98 Å². The first-order valence-corrected chi connectivity index (χ1v) is 6.68. The van der Waals surface area contributed by atoms with E-state index in [0.29, 0.717) is 11.6 Å². The van der Waals surface area contributed by atoms with Gasteiger partial charge in [-0.3, -0.25) is 0 Å². The number of nitrogens with two attached hydrogens (primary N) is 1. The second kappa shape index (κ2) is 6.23. The third kappa shape index (κ3) is 3.71. The highest BCUT2D eigenvalue weighted by Gasteiger charge is 2.01. The molecule has 1 aromatic heterocycles. The minimum Gasteiger partial charge on any atom is -0.439 e. The molecule has 2 N–H and O–H groups in total. The number of aromatic nitrogens is 1. The molecule has 0 atom stereocenters. The van der Waals surface area contributed by atoms with Crippen molar-refractivity contribution in [3.05, 3.63) is 47.7 Å². The van der Waals surface area contributed by atoms with Gasteiger partial charge in [0.2, 0.25) is 5.88 Å². The van der Waals surface area contributed by atoms with Gasteiger partial charge >= 0.3 is 0 Å². The molecule has 0 amide bonds. The van der Waals surface area contributed by atoms with Crippen molar-refractivity contribution in [3.8, 4) is 11.6 Å². The number of nitrogen functional groups attached to an aromatic ring is 1. The lowest BCUT2D eigenvalue weighted by atomic mass is 10.1. The number of aryl methyl sites for hydroxylation is 2. The number of hydrogen-bond acceptors (Lipinski definition) is 3. The van der Waals surface area contributed by atoms with Gasteiger partial charge in [-0.1, -0.05) is 25.5 Å². The molecule has 0 saturated carbocycles. The van der Waals surface area contributed by atoms with Crippen LogP contribution in [0.5, 0.6) is 11.6 Å². The first-order chi connectivity index (χ1) is 9.19. The molecule has 0 bridgehead atoms. The molecule has 3 nitrogen and oxygen atoms in total. The van der Waals surface area contributed by atoms with Gasteiger partial charge in [0.25, 0.3) is 0 Å². The number of nitrogens with zero attached hydrogens (tertiary/aromatic N) is 1. The molecule has 100 valence electrons. The van der Waals surface area contributed by atoms with E-state index in [4.69, 9.17) is 10.5 Å². The third-order valence-electron chi connectivity index (χ3n) is 3.09. The van der Waals surface area contributed by atoms with Crippen LogP contribution in [0.15, 0.2) is 36.5 Å². The molecule has 19 heavy (non-hydrogen) atoms. The summed E-state index contributed by atoms with van der Waals surface area (Å²) in [4.78, 5) is 4.16. The lowest BCUT2D eigenvalue weighted by molar-refractivity contribution is 0.462. The van der Waals surface area contributed by atoms with E-state index in [2.05, 4.69) is 24.0 Å². The van der Waals surface area contributed by atoms with E-state index in [-0.39, 0.29) is 0 Å². The summed E-state index contributed by atoms with van der Waals surface area (Å²) in [6.07, 6.45) is 5.18. The summed E-state index contributed by atoms with van der Waals surface area (Å²) >= 11 is 0. The summed E-state index contributed by atoms with van der Waals surface area (Å²) in [7, 11) is 0. The zero-order valence-electron chi connectivity index (χ0n) is 11.5. The maximum absolute atomic E-state index is 5.73. The Bertz CT molecular complexity index is 535. The molecule has 0 fully saturated rings. The van der Waals surface area contributed by atoms with Crippen LogP contribution < -0.4 is 10.5 Å². The van der Waals surface area contributed by atoms with Crippen LogP contribution in [0, 0.1) is 6.92 Å². The second-order valence-corrected chi connectivity index (χ2v) is 4.73. The van der Waals surface area contributed by atoms with E-state index >= 15 is 0 Å². The Morgan fingerprint density at radius 1 is 1.21 bits per heavy atom. The molecule has 2 aromatic rings. The Morgan fingerprint density at radius 2 is 1.95 bits per heavy atom. The van der Waals surface area contributed by atoms with Crippen LogP contribution in [0.2, 0.25) is 0 Å². The first-order valence-electron chi connectivity index (χ1n) is 6.68. The lowest BCUT2D eigenvalue weighted by Gasteiger charge is -2.07. The number of benzene rings is 1. The van der Waals surface area contributed by atoms with E-state index in [1.807, 2.05) is 25.1 Å². The molecule has 1 heterocycles. The minimum atomic E-state index is 0.577. The number of pyridine rings is 1. The van der Waals surface area contributed by atoms with Crippen LogP contribution in [0.1, 0.15) is 30.9 Å². The van der Waals surface area contributed by atoms with E-state index in [0.717, 1.165) is 17.7 Å². The highest BCUT2D eigenvalue weighted by Crippen LogP contribution is 2.22. The summed E-state index contributed by atoms with van der Waals surface area (Å²) < 4.78 is 5.71. The monoisotopic (exact) mass is 256 g/mol. The predicted molar refractivity (Wildman–Crippen MR) is 78.5 cm³/mol. The van der Waals surface area contributed by atoms with Gasteiger partial charge in [-0.05, 0) is 43.0 Å². The molecule has 0 radical (unpaired) electrons. The van der Waals surface area contributed by atoms with Gasteiger partial charge in [0.15, 0.2) is 0 Å². The Kier molecular flexibility index (Phi) is 4.39. The quantitative estimate of drug-likeness (QED) is 0.875. The van der Waals surface area contributed by atoms with Crippen molar-refractivity contribution in [1.82, 2.24) is 4.98 Å². The van der Waals surface area contributed by atoms with Crippen molar-refractivity contribution in [2.45, 2.75) is 33.1 Å². The van der Waals surface area contributed by atoms with Crippen molar-refractivity contribution in [3.63, 3.8) is 0 Å². The Balaban J connectivity index is 2.04. The van der Waals surface area contributed by atoms with Crippen molar-refractivity contribution in [1.29, 1.82) is 0 Å². The van der Waals surface area contributed by atoms with E-state index in [9.17, 15) is 0 Å². The molecular formula is C16H20N2O. The van der Waals surface area contributed by atoms with Crippen LogP contribution >= 0.6 is 0 Å². The van der Waals surface area contributed by atoms with Gasteiger partial charge in [0.1, 0.15) is 5.75 Å². The van der Waals surface area contributed by atoms with Crippen molar-refractivity contribution >= 4 is 5.69 Å². The van der Waals surface area contributed by atoms with Crippen LogP contribution in [0.25, 0.3) is 0 Å². The van der Waals surface area contributed by atoms with Crippen LogP contribution in [0.4, 0.5) is 5.69 Å². The summed E-state index contributed by atoms with van der Waals surface area (Å²) in [6.45, 7) is 4.14. The Labute approximate surface area is 114 Å². The molecule has 0 spiro atoms. The maximum atomic E-state index is 5.73.